The molecule has 0 saturated carbocycles. The van der Waals surface area contributed by atoms with Crippen LogP contribution in [0.1, 0.15) is 64.0 Å². The summed E-state index contributed by atoms with van der Waals surface area (Å²) in [4.78, 5) is 2.24. The second-order valence-electron chi connectivity index (χ2n) is 9.71. The number of fused-ring (bicyclic) bond motifs is 2. The third kappa shape index (κ3) is 3.17. The highest BCUT2D eigenvalue weighted by molar-refractivity contribution is 5.73. The molecule has 7 heteroatoms. The highest BCUT2D eigenvalue weighted by atomic mass is 16.7. The number of tetrazole rings is 1. The molecule has 0 N–H and O–H groups in total. The first kappa shape index (κ1) is 18.9. The second kappa shape index (κ2) is 6.30. The molecule has 3 heterocycles. The molecule has 4 rings (SSSR count). The van der Waals surface area contributed by atoms with E-state index >= 15 is 0 Å². The lowest BCUT2D eigenvalue weighted by atomic mass is 9.81. The summed E-state index contributed by atoms with van der Waals surface area (Å²) >= 11 is 0. The summed E-state index contributed by atoms with van der Waals surface area (Å²) in [6.07, 6.45) is 0.954. The molecule has 0 radical (unpaired) electrons. The van der Waals surface area contributed by atoms with Crippen molar-refractivity contribution in [3.8, 4) is 11.5 Å². The zero-order valence-electron chi connectivity index (χ0n) is 17.6. The van der Waals surface area contributed by atoms with Crippen molar-refractivity contribution in [3.05, 3.63) is 35.7 Å². The maximum absolute atomic E-state index is 5.64. The number of likely N-dealkylation sites (N-methyl/N-ethyl adjacent to an activating group) is 1. The van der Waals surface area contributed by atoms with Crippen LogP contribution in [0.2, 0.25) is 0 Å². The number of rotatable bonds is 3. The minimum Gasteiger partial charge on any atom is -0.454 e. The Morgan fingerprint density at radius 2 is 1.82 bits per heavy atom. The third-order valence-electron chi connectivity index (χ3n) is 5.38. The quantitative estimate of drug-likeness (QED) is 0.807. The van der Waals surface area contributed by atoms with E-state index in [2.05, 4.69) is 74.7 Å². The maximum atomic E-state index is 5.64. The maximum Gasteiger partial charge on any atom is 0.231 e. The monoisotopic (exact) mass is 383 g/mol. The van der Waals surface area contributed by atoms with E-state index < -0.39 is 0 Å². The van der Waals surface area contributed by atoms with E-state index in [1.165, 1.54) is 0 Å². The minimum absolute atomic E-state index is 0.0794. The first-order chi connectivity index (χ1) is 13.1. The van der Waals surface area contributed by atoms with E-state index in [1.54, 1.807) is 0 Å². The SMILES string of the molecule is C=C1CN(C)C(c2nnnn2C(C)(C)CC(C)(C)C)c2cc3c(cc21)OCO3. The molecule has 2 aromatic rings. The summed E-state index contributed by atoms with van der Waals surface area (Å²) in [6.45, 7) is 16.4. The van der Waals surface area contributed by atoms with Gasteiger partial charge >= 0.3 is 0 Å². The van der Waals surface area contributed by atoms with Crippen LogP contribution in [-0.4, -0.2) is 45.5 Å². The van der Waals surface area contributed by atoms with Crippen LogP contribution in [0.4, 0.5) is 0 Å². The molecule has 2 aliphatic rings. The summed E-state index contributed by atoms with van der Waals surface area (Å²) in [7, 11) is 2.08. The number of aromatic nitrogens is 4. The van der Waals surface area contributed by atoms with Crippen LogP contribution in [0.15, 0.2) is 18.7 Å². The van der Waals surface area contributed by atoms with Crippen molar-refractivity contribution in [2.45, 2.75) is 52.6 Å². The van der Waals surface area contributed by atoms with E-state index in [-0.39, 0.29) is 23.8 Å². The van der Waals surface area contributed by atoms with Crippen molar-refractivity contribution in [2.24, 2.45) is 5.41 Å². The van der Waals surface area contributed by atoms with Gasteiger partial charge in [0, 0.05) is 6.54 Å². The fourth-order valence-corrected chi connectivity index (χ4v) is 4.71. The normalized spacial score (nSPS) is 19.8. The van der Waals surface area contributed by atoms with Gasteiger partial charge in [0.25, 0.3) is 0 Å². The molecule has 1 atom stereocenters. The fraction of sp³-hybridized carbons (Fsp3) is 0.571. The number of hydrogen-bond donors (Lipinski definition) is 0. The lowest BCUT2D eigenvalue weighted by molar-refractivity contribution is 0.173. The van der Waals surface area contributed by atoms with Gasteiger partial charge in [-0.05, 0) is 72.0 Å². The molecule has 1 aromatic heterocycles. The molecule has 28 heavy (non-hydrogen) atoms. The van der Waals surface area contributed by atoms with Crippen molar-refractivity contribution in [1.82, 2.24) is 25.1 Å². The zero-order chi connectivity index (χ0) is 20.3. The van der Waals surface area contributed by atoms with Gasteiger partial charge in [-0.25, -0.2) is 4.68 Å². The Balaban J connectivity index is 1.82. The van der Waals surface area contributed by atoms with Crippen molar-refractivity contribution < 1.29 is 9.47 Å². The van der Waals surface area contributed by atoms with Crippen LogP contribution in [0.25, 0.3) is 5.57 Å². The van der Waals surface area contributed by atoms with Gasteiger partial charge in [-0.3, -0.25) is 4.90 Å². The van der Waals surface area contributed by atoms with Crippen LogP contribution in [0.5, 0.6) is 11.5 Å². The largest absolute Gasteiger partial charge is 0.454 e. The Morgan fingerprint density at radius 3 is 2.50 bits per heavy atom. The van der Waals surface area contributed by atoms with Crippen molar-refractivity contribution in [1.29, 1.82) is 0 Å². The Bertz CT molecular complexity index is 925. The van der Waals surface area contributed by atoms with E-state index in [0.29, 0.717) is 0 Å². The van der Waals surface area contributed by atoms with E-state index in [4.69, 9.17) is 9.47 Å². The smallest absolute Gasteiger partial charge is 0.231 e. The number of nitrogens with zero attached hydrogens (tertiary/aromatic N) is 5. The molecule has 150 valence electrons. The number of hydrogen-bond acceptors (Lipinski definition) is 6. The molecule has 0 spiro atoms. The van der Waals surface area contributed by atoms with Crippen molar-refractivity contribution in [2.75, 3.05) is 20.4 Å². The highest BCUT2D eigenvalue weighted by Gasteiger charge is 2.38. The second-order valence-corrected chi connectivity index (χ2v) is 9.71. The highest BCUT2D eigenvalue weighted by Crippen LogP contribution is 2.45. The van der Waals surface area contributed by atoms with Crippen LogP contribution >= 0.6 is 0 Å². The van der Waals surface area contributed by atoms with Crippen LogP contribution in [0, 0.1) is 5.41 Å². The molecule has 1 unspecified atom stereocenters. The fourth-order valence-electron chi connectivity index (χ4n) is 4.71. The van der Waals surface area contributed by atoms with Gasteiger partial charge in [0.05, 0.1) is 11.6 Å². The predicted molar refractivity (Wildman–Crippen MR) is 107 cm³/mol. The Kier molecular flexibility index (Phi) is 4.26. The van der Waals surface area contributed by atoms with Gasteiger partial charge in [0.2, 0.25) is 6.79 Å². The average molecular weight is 383 g/mol. The predicted octanol–water partition coefficient (Wildman–Crippen LogP) is 3.62. The molecule has 0 saturated heterocycles. The topological polar surface area (TPSA) is 65.3 Å². The molecular weight excluding hydrogens is 354 g/mol. The molecule has 1 aromatic carbocycles. The Hall–Kier alpha value is -2.41. The summed E-state index contributed by atoms with van der Waals surface area (Å²) in [5.74, 6) is 2.38. The lowest BCUT2D eigenvalue weighted by Crippen LogP contribution is -2.39. The van der Waals surface area contributed by atoms with Gasteiger partial charge < -0.3 is 9.47 Å². The molecule has 7 nitrogen and oxygen atoms in total. The number of ether oxygens (including phenoxy) is 2. The van der Waals surface area contributed by atoms with Gasteiger partial charge in [-0.1, -0.05) is 27.4 Å². The molecule has 0 aliphatic carbocycles. The first-order valence-corrected chi connectivity index (χ1v) is 9.67. The van der Waals surface area contributed by atoms with Gasteiger partial charge in [0.1, 0.15) is 0 Å². The summed E-state index contributed by atoms with van der Waals surface area (Å²) in [5, 5.41) is 12.9. The van der Waals surface area contributed by atoms with Gasteiger partial charge in [-0.2, -0.15) is 0 Å². The van der Waals surface area contributed by atoms with Crippen molar-refractivity contribution >= 4 is 5.57 Å². The molecular formula is C21H29N5O2. The van der Waals surface area contributed by atoms with Crippen LogP contribution in [-0.2, 0) is 5.54 Å². The average Bonchev–Trinajstić information content (AvgIpc) is 3.20. The summed E-state index contributed by atoms with van der Waals surface area (Å²) in [6, 6.07) is 4.01. The van der Waals surface area contributed by atoms with Crippen LogP contribution < -0.4 is 9.47 Å². The van der Waals surface area contributed by atoms with Gasteiger partial charge in [-0.15, -0.1) is 5.10 Å². The van der Waals surface area contributed by atoms with E-state index in [9.17, 15) is 0 Å². The van der Waals surface area contributed by atoms with Crippen molar-refractivity contribution in [3.63, 3.8) is 0 Å². The third-order valence-corrected chi connectivity index (χ3v) is 5.38. The van der Waals surface area contributed by atoms with E-state index in [0.717, 1.165) is 47.0 Å². The van der Waals surface area contributed by atoms with Crippen LogP contribution in [0.3, 0.4) is 0 Å². The molecule has 0 bridgehead atoms. The first-order valence-electron chi connectivity index (χ1n) is 9.67. The lowest BCUT2D eigenvalue weighted by Gasteiger charge is -2.38. The number of benzene rings is 1. The standard InChI is InChI=1S/C21H29N5O2/c1-13-10-25(7)18(15-9-17-16(8-14(13)15)27-12-28-17)19-22-23-24-26(19)21(5,6)11-20(2,3)4/h8-9,18H,1,10-12H2,2-7H3. The Labute approximate surface area is 166 Å². The van der Waals surface area contributed by atoms with Gasteiger partial charge in [0.15, 0.2) is 17.3 Å². The summed E-state index contributed by atoms with van der Waals surface area (Å²) in [5.41, 5.74) is 3.19. The molecule has 2 aliphatic heterocycles. The van der Waals surface area contributed by atoms with E-state index in [1.807, 2.05) is 10.7 Å². The molecule has 0 amide bonds. The minimum atomic E-state index is -0.219. The summed E-state index contributed by atoms with van der Waals surface area (Å²) < 4.78 is 13.2. The molecule has 0 fully saturated rings. The Morgan fingerprint density at radius 1 is 1.14 bits per heavy atom. The zero-order valence-corrected chi connectivity index (χ0v) is 17.6.